The van der Waals surface area contributed by atoms with Crippen molar-refractivity contribution in [2.75, 3.05) is 26.0 Å². The number of hydrogen-bond donors (Lipinski definition) is 1. The largest absolute Gasteiger partial charge is 0.484 e. The summed E-state index contributed by atoms with van der Waals surface area (Å²) in [5, 5.41) is 7.36. The number of carbonyl (C=O) groups excluding carboxylic acids is 2. The lowest BCUT2D eigenvalue weighted by atomic mass is 10.1. The second kappa shape index (κ2) is 9.26. The molecule has 2 aromatic carbocycles. The number of anilines is 1. The first-order valence-corrected chi connectivity index (χ1v) is 9.66. The van der Waals surface area contributed by atoms with Crippen LogP contribution >= 0.6 is 0 Å². The number of likely N-dealkylation sites (N-methyl/N-ethyl adjacent to an activating group) is 1. The topological polar surface area (TPSA) is 76.5 Å². The van der Waals surface area contributed by atoms with Crippen LogP contribution in [0.25, 0.3) is 0 Å². The number of rotatable bonds is 7. The van der Waals surface area contributed by atoms with Crippen LogP contribution < -0.4 is 10.1 Å². The molecule has 0 bridgehead atoms. The molecule has 0 unspecified atom stereocenters. The van der Waals surface area contributed by atoms with E-state index in [2.05, 4.69) is 10.4 Å². The Bertz CT molecular complexity index is 1040. The number of nitrogens with one attached hydrogen (secondary N) is 1. The van der Waals surface area contributed by atoms with Crippen LogP contribution in [0.15, 0.2) is 54.6 Å². The molecule has 7 heteroatoms. The number of hydrogen-bond acceptors (Lipinski definition) is 4. The second-order valence-electron chi connectivity index (χ2n) is 7.34. The van der Waals surface area contributed by atoms with Crippen LogP contribution in [0.5, 0.6) is 5.75 Å². The van der Waals surface area contributed by atoms with E-state index in [0.29, 0.717) is 23.5 Å². The molecule has 2 amide bonds. The molecule has 3 rings (SSSR count). The van der Waals surface area contributed by atoms with Gasteiger partial charge in [-0.3, -0.25) is 14.3 Å². The van der Waals surface area contributed by atoms with Crippen LogP contribution in [0.2, 0.25) is 0 Å². The van der Waals surface area contributed by atoms with Crippen molar-refractivity contribution in [2.24, 2.45) is 0 Å². The van der Waals surface area contributed by atoms with Crippen LogP contribution in [-0.2, 0) is 11.3 Å². The number of nitrogens with zero attached hydrogens (tertiary/aromatic N) is 3. The first kappa shape index (κ1) is 21.1. The number of ether oxygens (including phenoxy) is 1. The Balaban J connectivity index is 1.62. The van der Waals surface area contributed by atoms with Gasteiger partial charge in [-0.2, -0.15) is 5.10 Å². The normalized spacial score (nSPS) is 10.5. The van der Waals surface area contributed by atoms with Gasteiger partial charge in [0.25, 0.3) is 11.8 Å². The van der Waals surface area contributed by atoms with E-state index >= 15 is 0 Å². The van der Waals surface area contributed by atoms with E-state index in [9.17, 15) is 9.59 Å². The van der Waals surface area contributed by atoms with Gasteiger partial charge in [-0.15, -0.1) is 0 Å². The number of aromatic nitrogens is 2. The van der Waals surface area contributed by atoms with Gasteiger partial charge < -0.3 is 15.0 Å². The Morgan fingerprint density at radius 1 is 1.07 bits per heavy atom. The molecule has 156 valence electrons. The minimum absolute atomic E-state index is 0.0270. The standard InChI is InChI=1S/C23H26N4O3/c1-16-12-17(2)27(25-16)14-18-6-5-7-19(13-18)23(29)24-20-8-10-21(11-9-20)30-15-22(28)26(3)4/h5-13H,14-15H2,1-4H3,(H,24,29). The van der Waals surface area contributed by atoms with Gasteiger partial charge >= 0.3 is 0 Å². The van der Waals surface area contributed by atoms with E-state index in [4.69, 9.17) is 4.74 Å². The summed E-state index contributed by atoms with van der Waals surface area (Å²) in [5.74, 6) is 0.254. The van der Waals surface area contributed by atoms with Crippen molar-refractivity contribution in [2.45, 2.75) is 20.4 Å². The van der Waals surface area contributed by atoms with Gasteiger partial charge in [0.1, 0.15) is 5.75 Å². The van der Waals surface area contributed by atoms with Crippen LogP contribution in [0.4, 0.5) is 5.69 Å². The van der Waals surface area contributed by atoms with Crippen molar-refractivity contribution in [3.8, 4) is 5.75 Å². The summed E-state index contributed by atoms with van der Waals surface area (Å²) >= 11 is 0. The van der Waals surface area contributed by atoms with Crippen LogP contribution in [0.1, 0.15) is 27.3 Å². The summed E-state index contributed by atoms with van der Waals surface area (Å²) in [5.41, 5.74) is 4.28. The molecule has 0 saturated carbocycles. The van der Waals surface area contributed by atoms with Crippen LogP contribution in [-0.4, -0.2) is 47.2 Å². The Labute approximate surface area is 176 Å². The van der Waals surface area contributed by atoms with Crippen LogP contribution in [0.3, 0.4) is 0 Å². The highest BCUT2D eigenvalue weighted by Crippen LogP contribution is 2.17. The molecule has 1 N–H and O–H groups in total. The second-order valence-corrected chi connectivity index (χ2v) is 7.34. The zero-order chi connectivity index (χ0) is 21.7. The lowest BCUT2D eigenvalue weighted by molar-refractivity contribution is -0.130. The van der Waals surface area contributed by atoms with Gasteiger partial charge in [-0.1, -0.05) is 12.1 Å². The van der Waals surface area contributed by atoms with Crippen LogP contribution in [0, 0.1) is 13.8 Å². The smallest absolute Gasteiger partial charge is 0.259 e. The number of aryl methyl sites for hydroxylation is 2. The quantitative estimate of drug-likeness (QED) is 0.653. The van der Waals surface area contributed by atoms with Crippen molar-refractivity contribution >= 4 is 17.5 Å². The molecule has 0 radical (unpaired) electrons. The molecular formula is C23H26N4O3. The average Bonchev–Trinajstić information content (AvgIpc) is 3.03. The summed E-state index contributed by atoms with van der Waals surface area (Å²) in [4.78, 5) is 25.7. The maximum atomic E-state index is 12.6. The van der Waals surface area contributed by atoms with Crippen molar-refractivity contribution < 1.29 is 14.3 Å². The van der Waals surface area contributed by atoms with Gasteiger partial charge in [-0.25, -0.2) is 0 Å². The average molecular weight is 406 g/mol. The zero-order valence-electron chi connectivity index (χ0n) is 17.7. The molecule has 0 aliphatic carbocycles. The summed E-state index contributed by atoms with van der Waals surface area (Å²) in [6, 6.07) is 16.5. The third-order valence-corrected chi connectivity index (χ3v) is 4.60. The minimum Gasteiger partial charge on any atom is -0.484 e. The predicted molar refractivity (Wildman–Crippen MR) is 116 cm³/mol. The van der Waals surface area contributed by atoms with E-state index in [1.165, 1.54) is 4.90 Å². The Kier molecular flexibility index (Phi) is 6.51. The van der Waals surface area contributed by atoms with Gasteiger partial charge in [0.15, 0.2) is 6.61 Å². The van der Waals surface area contributed by atoms with E-state index in [1.54, 1.807) is 44.4 Å². The molecule has 3 aromatic rings. The molecule has 30 heavy (non-hydrogen) atoms. The third kappa shape index (κ3) is 5.47. The molecule has 0 spiro atoms. The van der Waals surface area contributed by atoms with Crippen molar-refractivity contribution in [3.63, 3.8) is 0 Å². The molecular weight excluding hydrogens is 380 g/mol. The van der Waals surface area contributed by atoms with E-state index in [-0.39, 0.29) is 18.4 Å². The van der Waals surface area contributed by atoms with Gasteiger partial charge in [-0.05, 0) is 61.9 Å². The lowest BCUT2D eigenvalue weighted by Crippen LogP contribution is -2.27. The highest BCUT2D eigenvalue weighted by atomic mass is 16.5. The number of benzene rings is 2. The molecule has 0 aliphatic rings. The molecule has 0 fully saturated rings. The number of amides is 2. The van der Waals surface area contributed by atoms with E-state index in [0.717, 1.165) is 17.0 Å². The minimum atomic E-state index is -0.193. The summed E-state index contributed by atoms with van der Waals surface area (Å²) in [7, 11) is 3.35. The number of carbonyl (C=O) groups is 2. The molecule has 7 nitrogen and oxygen atoms in total. The zero-order valence-corrected chi connectivity index (χ0v) is 17.7. The van der Waals surface area contributed by atoms with E-state index in [1.807, 2.05) is 42.8 Å². The highest BCUT2D eigenvalue weighted by molar-refractivity contribution is 6.04. The predicted octanol–water partition coefficient (Wildman–Crippen LogP) is 3.27. The lowest BCUT2D eigenvalue weighted by Gasteiger charge is -2.12. The maximum Gasteiger partial charge on any atom is 0.259 e. The van der Waals surface area contributed by atoms with Gasteiger partial charge in [0.05, 0.1) is 12.2 Å². The molecule has 1 heterocycles. The molecule has 0 atom stereocenters. The fourth-order valence-electron chi connectivity index (χ4n) is 2.93. The van der Waals surface area contributed by atoms with E-state index < -0.39 is 0 Å². The maximum absolute atomic E-state index is 12.6. The first-order valence-electron chi connectivity index (χ1n) is 9.66. The summed E-state index contributed by atoms with van der Waals surface area (Å²) in [6.45, 7) is 4.56. The fourth-order valence-corrected chi connectivity index (χ4v) is 2.93. The first-order chi connectivity index (χ1) is 14.3. The highest BCUT2D eigenvalue weighted by Gasteiger charge is 2.09. The monoisotopic (exact) mass is 406 g/mol. The van der Waals surface area contributed by atoms with Gasteiger partial charge in [0, 0.05) is 31.0 Å². The fraction of sp³-hybridized carbons (Fsp3) is 0.261. The Morgan fingerprint density at radius 2 is 1.80 bits per heavy atom. The molecule has 1 aromatic heterocycles. The van der Waals surface area contributed by atoms with Crippen molar-refractivity contribution in [1.82, 2.24) is 14.7 Å². The molecule has 0 aliphatic heterocycles. The molecule has 0 saturated heterocycles. The van der Waals surface area contributed by atoms with Gasteiger partial charge in [0.2, 0.25) is 0 Å². The Hall–Kier alpha value is -3.61. The SMILES string of the molecule is Cc1cc(C)n(Cc2cccc(C(=O)Nc3ccc(OCC(=O)N(C)C)cc3)c2)n1. The van der Waals surface area contributed by atoms with Crippen molar-refractivity contribution in [1.29, 1.82) is 0 Å². The summed E-state index contributed by atoms with van der Waals surface area (Å²) in [6.07, 6.45) is 0. The Morgan fingerprint density at radius 3 is 2.43 bits per heavy atom. The summed E-state index contributed by atoms with van der Waals surface area (Å²) < 4.78 is 7.37. The van der Waals surface area contributed by atoms with Crippen molar-refractivity contribution in [3.05, 3.63) is 77.1 Å². The third-order valence-electron chi connectivity index (χ3n) is 4.60.